The van der Waals surface area contributed by atoms with Gasteiger partial charge in [-0.15, -0.1) is 11.3 Å². The first-order valence-corrected chi connectivity index (χ1v) is 24.0. The van der Waals surface area contributed by atoms with Gasteiger partial charge in [-0.25, -0.2) is 9.36 Å². The molecule has 0 aliphatic carbocycles. The van der Waals surface area contributed by atoms with Crippen molar-refractivity contribution in [3.05, 3.63) is 91.7 Å². The van der Waals surface area contributed by atoms with Crippen molar-refractivity contribution in [1.29, 1.82) is 0 Å². The predicted octanol–water partition coefficient (Wildman–Crippen LogP) is 9.87. The molecule has 55 heavy (non-hydrogen) atoms. The number of nitrogens with zero attached hydrogens (tertiary/aromatic N) is 4. The number of carbonyl (C=O) groups is 2. The average molecular weight is 823 g/mol. The SMILES string of the molecule is CC(C)(C)OC(=O)n1c(-c2cc(NC(=O)c3cnn(Cc4ccc(Cl)s4)c3)cn(COCC[Si](C)(C)C)c2=O)cc2cc(C(C)(C)O[Si]C(C)(C)C)ccc21. The van der Waals surface area contributed by atoms with E-state index in [-0.39, 0.29) is 27.1 Å². The molecule has 1 amide bonds. The Kier molecular flexibility index (Phi) is 12.6. The number of hydrogen-bond acceptors (Lipinski definition) is 8. The van der Waals surface area contributed by atoms with Crippen molar-refractivity contribution >= 4 is 69.4 Å². The number of anilines is 1. The van der Waals surface area contributed by atoms with Crippen LogP contribution in [0.25, 0.3) is 22.2 Å². The smallest absolute Gasteiger partial charge is 0.419 e. The van der Waals surface area contributed by atoms with Crippen molar-refractivity contribution in [3.8, 4) is 11.3 Å². The maximum absolute atomic E-state index is 14.4. The number of fused-ring (bicyclic) bond motifs is 1. The third-order valence-corrected chi connectivity index (χ3v) is 12.5. The summed E-state index contributed by atoms with van der Waals surface area (Å²) in [6.45, 7) is 23.5. The van der Waals surface area contributed by atoms with Gasteiger partial charge in [0.05, 0.1) is 50.7 Å². The van der Waals surface area contributed by atoms with E-state index in [1.165, 1.54) is 26.7 Å². The summed E-state index contributed by atoms with van der Waals surface area (Å²) in [4.78, 5) is 43.0. The van der Waals surface area contributed by atoms with E-state index in [0.717, 1.165) is 21.9 Å². The van der Waals surface area contributed by atoms with E-state index in [1.807, 2.05) is 50.2 Å². The van der Waals surface area contributed by atoms with Gasteiger partial charge in [0.15, 0.2) is 0 Å². The van der Waals surface area contributed by atoms with Crippen LogP contribution in [0.4, 0.5) is 10.5 Å². The minimum absolute atomic E-state index is 0.00720. The number of carbonyl (C=O) groups excluding carboxylic acids is 2. The average Bonchev–Trinajstić information content (AvgIpc) is 3.80. The highest BCUT2D eigenvalue weighted by Crippen LogP contribution is 2.35. The molecule has 0 saturated carbocycles. The number of benzene rings is 1. The van der Waals surface area contributed by atoms with Crippen LogP contribution in [0, 0.1) is 0 Å². The molecule has 5 aromatic rings. The number of hydrogen-bond donors (Lipinski definition) is 1. The van der Waals surface area contributed by atoms with E-state index < -0.39 is 36.8 Å². The predicted molar refractivity (Wildman–Crippen MR) is 226 cm³/mol. The Labute approximate surface area is 335 Å². The van der Waals surface area contributed by atoms with Gasteiger partial charge >= 0.3 is 6.09 Å². The summed E-state index contributed by atoms with van der Waals surface area (Å²) < 4.78 is 23.5. The Balaban J connectivity index is 1.59. The third kappa shape index (κ3) is 11.4. The fourth-order valence-electron chi connectivity index (χ4n) is 5.52. The van der Waals surface area contributed by atoms with Crippen LogP contribution in [0.3, 0.4) is 0 Å². The van der Waals surface area contributed by atoms with Crippen LogP contribution in [0.1, 0.15) is 76.2 Å². The van der Waals surface area contributed by atoms with E-state index in [0.29, 0.717) is 39.9 Å². The van der Waals surface area contributed by atoms with Gasteiger partial charge in [0.1, 0.15) is 12.3 Å². The number of thiophene rings is 1. The summed E-state index contributed by atoms with van der Waals surface area (Å²) in [7, 11) is -1.14. The van der Waals surface area contributed by atoms with E-state index in [2.05, 4.69) is 50.8 Å². The minimum atomic E-state index is -1.40. The molecule has 11 nitrogen and oxygen atoms in total. The molecular formula is C40H52ClN5O6SSi2. The van der Waals surface area contributed by atoms with Crippen molar-refractivity contribution in [1.82, 2.24) is 18.9 Å². The lowest BCUT2D eigenvalue weighted by Gasteiger charge is -2.29. The topological polar surface area (TPSA) is 119 Å². The van der Waals surface area contributed by atoms with Gasteiger partial charge in [-0.1, -0.05) is 58.1 Å². The first-order valence-electron chi connectivity index (χ1n) is 18.2. The number of pyridine rings is 1. The molecule has 0 atom stereocenters. The minimum Gasteiger partial charge on any atom is -0.443 e. The quantitative estimate of drug-likeness (QED) is 0.0928. The summed E-state index contributed by atoms with van der Waals surface area (Å²) in [6.07, 6.45) is 4.07. The van der Waals surface area contributed by atoms with Crippen molar-refractivity contribution in [2.75, 3.05) is 11.9 Å². The molecule has 1 N–H and O–H groups in total. The zero-order chi connectivity index (χ0) is 40.5. The molecule has 15 heteroatoms. The Morgan fingerprint density at radius 3 is 2.35 bits per heavy atom. The van der Waals surface area contributed by atoms with E-state index in [1.54, 1.807) is 43.9 Å². The van der Waals surface area contributed by atoms with Crippen LogP contribution in [-0.2, 0) is 32.8 Å². The lowest BCUT2D eigenvalue weighted by Crippen LogP contribution is -2.29. The van der Waals surface area contributed by atoms with Crippen molar-refractivity contribution in [2.24, 2.45) is 0 Å². The zero-order valence-corrected chi connectivity index (χ0v) is 37.2. The summed E-state index contributed by atoms with van der Waals surface area (Å²) in [5.41, 5.74) is 0.830. The number of ether oxygens (including phenoxy) is 2. The number of nitrogens with one attached hydrogen (secondary N) is 1. The molecule has 0 bridgehead atoms. The maximum Gasteiger partial charge on any atom is 0.419 e. The van der Waals surface area contributed by atoms with Gasteiger partial charge in [0.25, 0.3) is 11.5 Å². The fraction of sp³-hybridized carbons (Fsp3) is 0.450. The molecule has 2 radical (unpaired) electrons. The molecule has 0 fully saturated rings. The summed E-state index contributed by atoms with van der Waals surface area (Å²) in [6, 6.07) is 13.8. The highest BCUT2D eigenvalue weighted by molar-refractivity contribution is 7.16. The highest BCUT2D eigenvalue weighted by Gasteiger charge is 2.29. The van der Waals surface area contributed by atoms with Crippen LogP contribution in [0.15, 0.2) is 65.8 Å². The molecule has 1 aromatic carbocycles. The molecule has 4 heterocycles. The van der Waals surface area contributed by atoms with Crippen molar-refractivity contribution < 1.29 is 23.5 Å². The van der Waals surface area contributed by atoms with Gasteiger partial charge in [0.2, 0.25) is 9.76 Å². The van der Waals surface area contributed by atoms with Crippen LogP contribution >= 0.6 is 22.9 Å². The normalized spacial score (nSPS) is 12.7. The second-order valence-corrected chi connectivity index (χ2v) is 26.8. The number of rotatable bonds is 13. The second-order valence-electron chi connectivity index (χ2n) is 17.4. The Hall–Kier alpha value is -3.80. The number of halogens is 1. The first-order chi connectivity index (χ1) is 25.5. The first kappa shape index (κ1) is 42.3. The van der Waals surface area contributed by atoms with E-state index in [4.69, 9.17) is 25.5 Å². The van der Waals surface area contributed by atoms with Gasteiger partial charge in [-0.3, -0.25) is 18.8 Å². The number of amides is 1. The molecule has 5 rings (SSSR count). The second kappa shape index (κ2) is 16.4. The third-order valence-electron chi connectivity index (χ3n) is 8.37. The van der Waals surface area contributed by atoms with Crippen LogP contribution in [0.5, 0.6) is 0 Å². The maximum atomic E-state index is 14.4. The Morgan fingerprint density at radius 1 is 0.982 bits per heavy atom. The van der Waals surface area contributed by atoms with Gasteiger partial charge in [0, 0.05) is 37.3 Å². The van der Waals surface area contributed by atoms with E-state index >= 15 is 0 Å². The summed E-state index contributed by atoms with van der Waals surface area (Å²) in [5, 5.41) is 8.03. The van der Waals surface area contributed by atoms with Crippen molar-refractivity contribution in [2.45, 2.75) is 111 Å². The van der Waals surface area contributed by atoms with Crippen molar-refractivity contribution in [3.63, 3.8) is 0 Å². The van der Waals surface area contributed by atoms with Crippen LogP contribution < -0.4 is 10.9 Å². The largest absolute Gasteiger partial charge is 0.443 e. The summed E-state index contributed by atoms with van der Waals surface area (Å²) in [5.74, 6) is -0.415. The Morgan fingerprint density at radius 2 is 1.71 bits per heavy atom. The molecule has 0 aliphatic heterocycles. The molecule has 0 unspecified atom stereocenters. The molecular weight excluding hydrogens is 770 g/mol. The van der Waals surface area contributed by atoms with Gasteiger partial charge in [-0.05, 0) is 87.7 Å². The van der Waals surface area contributed by atoms with Gasteiger partial charge < -0.3 is 19.2 Å². The van der Waals surface area contributed by atoms with Crippen LogP contribution in [0.2, 0.25) is 35.1 Å². The monoisotopic (exact) mass is 821 g/mol. The van der Waals surface area contributed by atoms with Gasteiger partial charge in [-0.2, -0.15) is 5.10 Å². The highest BCUT2D eigenvalue weighted by atomic mass is 35.5. The molecule has 4 aromatic heterocycles. The zero-order valence-electron chi connectivity index (χ0n) is 33.6. The summed E-state index contributed by atoms with van der Waals surface area (Å²) >= 11 is 7.55. The molecule has 0 aliphatic rings. The molecule has 0 saturated heterocycles. The molecule has 0 spiro atoms. The number of aromatic nitrogens is 4. The fourth-order valence-corrected chi connectivity index (χ4v) is 8.04. The van der Waals surface area contributed by atoms with E-state index in [9.17, 15) is 14.4 Å². The molecule has 294 valence electrons. The lowest BCUT2D eigenvalue weighted by molar-refractivity contribution is 0.0547. The lowest BCUT2D eigenvalue weighted by atomic mass is 9.97. The standard InChI is InChI=1S/C40H52ClN5O6SSi2/c1-38(2,3)51-37(49)46-32-14-12-28(40(7,8)52-54-39(4,5)6)18-26(32)19-33(46)31-20-29(23-44(36(31)48)25-50-16-17-55(9,10)11)43-35(47)27-21-42-45(22-27)24-30-13-15-34(41)53-30/h12-15,18-23H,16-17,24-25H2,1-11H3,(H,43,47). The Bertz CT molecular complexity index is 2240. The van der Waals surface area contributed by atoms with Crippen LogP contribution in [-0.4, -0.2) is 61.0 Å².